The summed E-state index contributed by atoms with van der Waals surface area (Å²) in [4.78, 5) is 0. The van der Waals surface area contributed by atoms with Gasteiger partial charge in [0.05, 0.1) is 0 Å². The van der Waals surface area contributed by atoms with E-state index >= 15 is 0 Å². The van der Waals surface area contributed by atoms with Crippen LogP contribution in [0.3, 0.4) is 0 Å². The molecule has 1 saturated heterocycles. The summed E-state index contributed by atoms with van der Waals surface area (Å²) < 4.78 is 13.9. The number of benzene rings is 1. The molecule has 1 aliphatic rings. The van der Waals surface area contributed by atoms with E-state index in [-0.39, 0.29) is 24.3 Å². The zero-order valence-electron chi connectivity index (χ0n) is 9.02. The lowest BCUT2D eigenvalue weighted by Gasteiger charge is -2.26. The maximum absolute atomic E-state index is 13.9. The van der Waals surface area contributed by atoms with Crippen molar-refractivity contribution < 1.29 is 4.39 Å². The van der Waals surface area contributed by atoms with Gasteiger partial charge in [0.1, 0.15) is 5.82 Å². The number of rotatable bonds is 1. The van der Waals surface area contributed by atoms with Gasteiger partial charge in [0, 0.05) is 36.3 Å². The van der Waals surface area contributed by atoms with Gasteiger partial charge in [-0.2, -0.15) is 0 Å². The molecular weight excluding hydrogens is 250 g/mol. The van der Waals surface area contributed by atoms with Crippen LogP contribution < -0.4 is 10.6 Å². The summed E-state index contributed by atoms with van der Waals surface area (Å²) in [6.07, 6.45) is 0. The van der Waals surface area contributed by atoms with Crippen LogP contribution in [0, 0.1) is 12.7 Å². The Balaban J connectivity index is 0.00000128. The summed E-state index contributed by atoms with van der Waals surface area (Å²) in [6, 6.07) is 3.44. The third-order valence-electron chi connectivity index (χ3n) is 2.71. The van der Waals surface area contributed by atoms with Gasteiger partial charge >= 0.3 is 0 Å². The fraction of sp³-hybridized carbons (Fsp3) is 0.455. The summed E-state index contributed by atoms with van der Waals surface area (Å²) >= 11 is 6.03. The van der Waals surface area contributed by atoms with Crippen molar-refractivity contribution in [2.45, 2.75) is 13.0 Å². The second-order valence-corrected chi connectivity index (χ2v) is 4.21. The maximum Gasteiger partial charge on any atom is 0.132 e. The first-order valence-corrected chi connectivity index (χ1v) is 5.46. The van der Waals surface area contributed by atoms with Gasteiger partial charge in [-0.25, -0.2) is 4.39 Å². The largest absolute Gasteiger partial charge is 0.314 e. The summed E-state index contributed by atoms with van der Waals surface area (Å²) in [7, 11) is 0. The Morgan fingerprint density at radius 1 is 1.38 bits per heavy atom. The van der Waals surface area contributed by atoms with Crippen molar-refractivity contribution in [2.24, 2.45) is 0 Å². The molecule has 0 spiro atoms. The lowest BCUT2D eigenvalue weighted by molar-refractivity contribution is 0.416. The molecule has 1 aliphatic heterocycles. The molecule has 1 atom stereocenters. The topological polar surface area (TPSA) is 24.1 Å². The van der Waals surface area contributed by atoms with Crippen LogP contribution >= 0.6 is 24.0 Å². The number of piperazine rings is 1. The van der Waals surface area contributed by atoms with E-state index in [0.29, 0.717) is 16.1 Å². The van der Waals surface area contributed by atoms with Crippen molar-refractivity contribution in [1.29, 1.82) is 0 Å². The quantitative estimate of drug-likeness (QED) is 0.815. The SMILES string of the molecule is Cc1ccc(Cl)c([C@@H]2CNCCN2)c1F.Cl. The van der Waals surface area contributed by atoms with E-state index in [2.05, 4.69) is 10.6 Å². The molecule has 2 nitrogen and oxygen atoms in total. The Bertz CT molecular complexity index is 365. The van der Waals surface area contributed by atoms with E-state index in [1.807, 2.05) is 0 Å². The molecule has 1 aromatic rings. The van der Waals surface area contributed by atoms with Crippen LogP contribution in [-0.2, 0) is 0 Å². The second kappa shape index (κ2) is 5.82. The Kier molecular flexibility index (Phi) is 4.99. The molecule has 2 N–H and O–H groups in total. The van der Waals surface area contributed by atoms with Crippen molar-refractivity contribution in [3.8, 4) is 0 Å². The average molecular weight is 265 g/mol. The number of nitrogens with one attached hydrogen (secondary N) is 2. The molecule has 0 saturated carbocycles. The second-order valence-electron chi connectivity index (χ2n) is 3.80. The first-order valence-electron chi connectivity index (χ1n) is 5.08. The fourth-order valence-electron chi connectivity index (χ4n) is 1.86. The molecule has 1 fully saturated rings. The van der Waals surface area contributed by atoms with Crippen molar-refractivity contribution >= 4 is 24.0 Å². The van der Waals surface area contributed by atoms with Gasteiger partial charge < -0.3 is 10.6 Å². The number of hydrogen-bond donors (Lipinski definition) is 2. The molecule has 1 aromatic carbocycles. The van der Waals surface area contributed by atoms with E-state index in [1.54, 1.807) is 19.1 Å². The first kappa shape index (κ1) is 13.7. The molecule has 0 bridgehead atoms. The Labute approximate surface area is 106 Å². The standard InChI is InChI=1S/C11H14ClFN2.ClH/c1-7-2-3-8(12)10(11(7)13)9-6-14-4-5-15-9;/h2-3,9,14-15H,4-6H2,1H3;1H/t9-;/m0./s1. The van der Waals surface area contributed by atoms with Gasteiger partial charge in [-0.05, 0) is 18.6 Å². The summed E-state index contributed by atoms with van der Waals surface area (Å²) in [5, 5.41) is 6.98. The van der Waals surface area contributed by atoms with Gasteiger partial charge in [0.15, 0.2) is 0 Å². The molecular formula is C11H15Cl2FN2. The van der Waals surface area contributed by atoms with E-state index in [4.69, 9.17) is 11.6 Å². The average Bonchev–Trinajstić information content (AvgIpc) is 2.26. The first-order chi connectivity index (χ1) is 7.20. The minimum atomic E-state index is -0.191. The highest BCUT2D eigenvalue weighted by Gasteiger charge is 2.21. The van der Waals surface area contributed by atoms with E-state index in [0.717, 1.165) is 19.6 Å². The third-order valence-corrected chi connectivity index (χ3v) is 3.04. The molecule has 1 heterocycles. The summed E-state index contributed by atoms with van der Waals surface area (Å²) in [5.74, 6) is -0.191. The molecule has 0 unspecified atom stereocenters. The van der Waals surface area contributed by atoms with Crippen molar-refractivity contribution in [1.82, 2.24) is 10.6 Å². The zero-order chi connectivity index (χ0) is 10.8. The predicted molar refractivity (Wildman–Crippen MR) is 67.0 cm³/mol. The minimum absolute atomic E-state index is 0. The monoisotopic (exact) mass is 264 g/mol. The van der Waals surface area contributed by atoms with Crippen LogP contribution in [0.25, 0.3) is 0 Å². The molecule has 90 valence electrons. The zero-order valence-corrected chi connectivity index (χ0v) is 10.6. The van der Waals surface area contributed by atoms with Crippen LogP contribution in [-0.4, -0.2) is 19.6 Å². The molecule has 0 aromatic heterocycles. The predicted octanol–water partition coefficient (Wildman–Crippen LogP) is 2.44. The molecule has 0 amide bonds. The van der Waals surface area contributed by atoms with E-state index in [1.165, 1.54) is 0 Å². The van der Waals surface area contributed by atoms with E-state index < -0.39 is 0 Å². The van der Waals surface area contributed by atoms with Gasteiger partial charge in [-0.3, -0.25) is 0 Å². The van der Waals surface area contributed by atoms with Gasteiger partial charge in [-0.1, -0.05) is 17.7 Å². The normalized spacial score (nSPS) is 20.3. The van der Waals surface area contributed by atoms with Crippen molar-refractivity contribution in [3.05, 3.63) is 34.1 Å². The fourth-order valence-corrected chi connectivity index (χ4v) is 2.13. The van der Waals surface area contributed by atoms with Crippen LogP contribution in [0.15, 0.2) is 12.1 Å². The summed E-state index contributed by atoms with van der Waals surface area (Å²) in [5.41, 5.74) is 1.23. The molecule has 0 radical (unpaired) electrons. The Morgan fingerprint density at radius 3 is 2.75 bits per heavy atom. The molecule has 16 heavy (non-hydrogen) atoms. The highest BCUT2D eigenvalue weighted by molar-refractivity contribution is 6.31. The van der Waals surface area contributed by atoms with Crippen LogP contribution in [0.5, 0.6) is 0 Å². The van der Waals surface area contributed by atoms with Crippen LogP contribution in [0.4, 0.5) is 4.39 Å². The smallest absolute Gasteiger partial charge is 0.132 e. The lowest BCUT2D eigenvalue weighted by atomic mass is 10.0. The summed E-state index contributed by atoms with van der Waals surface area (Å²) in [6.45, 7) is 4.24. The highest BCUT2D eigenvalue weighted by Crippen LogP contribution is 2.28. The lowest BCUT2D eigenvalue weighted by Crippen LogP contribution is -2.43. The molecule has 2 rings (SSSR count). The maximum atomic E-state index is 13.9. The molecule has 0 aliphatic carbocycles. The van der Waals surface area contributed by atoms with Crippen molar-refractivity contribution in [2.75, 3.05) is 19.6 Å². The number of halogens is 3. The van der Waals surface area contributed by atoms with Crippen molar-refractivity contribution in [3.63, 3.8) is 0 Å². The van der Waals surface area contributed by atoms with E-state index in [9.17, 15) is 4.39 Å². The minimum Gasteiger partial charge on any atom is -0.314 e. The number of hydrogen-bond acceptors (Lipinski definition) is 2. The van der Waals surface area contributed by atoms with Crippen LogP contribution in [0.1, 0.15) is 17.2 Å². The Hall–Kier alpha value is -0.350. The Morgan fingerprint density at radius 2 is 2.12 bits per heavy atom. The van der Waals surface area contributed by atoms with Crippen LogP contribution in [0.2, 0.25) is 5.02 Å². The van der Waals surface area contributed by atoms with Gasteiger partial charge in [0.25, 0.3) is 0 Å². The number of aryl methyl sites for hydroxylation is 1. The molecule has 5 heteroatoms. The third kappa shape index (κ3) is 2.66. The van der Waals surface area contributed by atoms with Gasteiger partial charge in [0.2, 0.25) is 0 Å². The van der Waals surface area contributed by atoms with Gasteiger partial charge in [-0.15, -0.1) is 12.4 Å². The highest BCUT2D eigenvalue weighted by atomic mass is 35.5.